The Labute approximate surface area is 137 Å². The van der Waals surface area contributed by atoms with E-state index >= 15 is 0 Å². The minimum Gasteiger partial charge on any atom is -0.508 e. The molecule has 0 aromatic heterocycles. The van der Waals surface area contributed by atoms with E-state index in [1.807, 2.05) is 55.5 Å². The Balaban J connectivity index is 2.28. The van der Waals surface area contributed by atoms with Crippen molar-refractivity contribution in [3.63, 3.8) is 0 Å². The molecule has 3 aromatic rings. The highest BCUT2D eigenvalue weighted by Crippen LogP contribution is 2.40. The van der Waals surface area contributed by atoms with Gasteiger partial charge >= 0.3 is 0 Å². The predicted molar refractivity (Wildman–Crippen MR) is 92.5 cm³/mol. The van der Waals surface area contributed by atoms with Crippen LogP contribution in [0, 0.1) is 0 Å². The van der Waals surface area contributed by atoms with Gasteiger partial charge in [-0.15, -0.1) is 0 Å². The van der Waals surface area contributed by atoms with Gasteiger partial charge in [0, 0.05) is 6.61 Å². The second-order valence-electron chi connectivity index (χ2n) is 5.39. The summed E-state index contributed by atoms with van der Waals surface area (Å²) in [4.78, 5) is 0. The lowest BCUT2D eigenvalue weighted by Crippen LogP contribution is -2.32. The smallest absolute Gasteiger partial charge is 0.143 e. The quantitative estimate of drug-likeness (QED) is 0.691. The molecule has 0 aliphatic carbocycles. The summed E-state index contributed by atoms with van der Waals surface area (Å²) in [7, 11) is 0. The third kappa shape index (κ3) is 2.86. The first-order chi connectivity index (χ1) is 11.3. The van der Waals surface area contributed by atoms with Crippen LogP contribution in [0.15, 0.2) is 84.9 Å². The van der Waals surface area contributed by atoms with E-state index in [1.165, 1.54) is 0 Å². The van der Waals surface area contributed by atoms with Crippen LogP contribution in [0.25, 0.3) is 0 Å². The molecule has 0 aliphatic heterocycles. The van der Waals surface area contributed by atoms with E-state index in [4.69, 9.17) is 4.74 Å². The van der Waals surface area contributed by atoms with Gasteiger partial charge in [-0.1, -0.05) is 72.8 Å². The molecule has 0 radical (unpaired) electrons. The molecule has 0 aliphatic rings. The van der Waals surface area contributed by atoms with Crippen molar-refractivity contribution in [1.29, 1.82) is 0 Å². The van der Waals surface area contributed by atoms with Crippen LogP contribution in [0.2, 0.25) is 0 Å². The molecule has 2 nitrogen and oxygen atoms in total. The normalized spacial score (nSPS) is 11.3. The minimum absolute atomic E-state index is 0.250. The Morgan fingerprint density at radius 3 is 1.57 bits per heavy atom. The molecule has 23 heavy (non-hydrogen) atoms. The van der Waals surface area contributed by atoms with Crippen molar-refractivity contribution in [3.05, 3.63) is 102 Å². The molecular formula is C21H20O2. The lowest BCUT2D eigenvalue weighted by molar-refractivity contribution is 0.0215. The van der Waals surface area contributed by atoms with Crippen molar-refractivity contribution < 1.29 is 9.84 Å². The second kappa shape index (κ2) is 6.67. The highest BCUT2D eigenvalue weighted by molar-refractivity contribution is 5.48. The molecule has 0 spiro atoms. The Morgan fingerprint density at radius 1 is 0.696 bits per heavy atom. The molecular weight excluding hydrogens is 284 g/mol. The molecule has 0 bridgehead atoms. The predicted octanol–water partition coefficient (Wildman–Crippen LogP) is 4.72. The fourth-order valence-electron chi connectivity index (χ4n) is 3.01. The van der Waals surface area contributed by atoms with Gasteiger partial charge in [0.05, 0.1) is 0 Å². The maximum atomic E-state index is 9.65. The molecule has 0 saturated carbocycles. The zero-order valence-electron chi connectivity index (χ0n) is 13.1. The van der Waals surface area contributed by atoms with Crippen LogP contribution in [0.3, 0.4) is 0 Å². The molecule has 116 valence electrons. The summed E-state index contributed by atoms with van der Waals surface area (Å²) in [6.07, 6.45) is 0. The van der Waals surface area contributed by atoms with E-state index in [1.54, 1.807) is 12.1 Å². The van der Waals surface area contributed by atoms with Crippen molar-refractivity contribution in [2.45, 2.75) is 12.5 Å². The van der Waals surface area contributed by atoms with Crippen molar-refractivity contribution >= 4 is 0 Å². The number of aromatic hydroxyl groups is 1. The summed E-state index contributed by atoms with van der Waals surface area (Å²) in [5.74, 6) is 0.250. The molecule has 2 heteroatoms. The number of phenolic OH excluding ortho intramolecular Hbond substituents is 1. The van der Waals surface area contributed by atoms with Gasteiger partial charge in [-0.25, -0.2) is 0 Å². The lowest BCUT2D eigenvalue weighted by Gasteiger charge is -2.35. The van der Waals surface area contributed by atoms with Gasteiger partial charge in [0.2, 0.25) is 0 Å². The van der Waals surface area contributed by atoms with Crippen molar-refractivity contribution in [3.8, 4) is 5.75 Å². The Kier molecular flexibility index (Phi) is 4.45. The van der Waals surface area contributed by atoms with E-state index < -0.39 is 5.60 Å². The van der Waals surface area contributed by atoms with E-state index in [0.717, 1.165) is 16.7 Å². The van der Waals surface area contributed by atoms with Gasteiger partial charge < -0.3 is 9.84 Å². The van der Waals surface area contributed by atoms with Crippen LogP contribution in [-0.4, -0.2) is 11.7 Å². The van der Waals surface area contributed by atoms with Crippen LogP contribution < -0.4 is 0 Å². The summed E-state index contributed by atoms with van der Waals surface area (Å²) in [5, 5.41) is 9.65. The maximum Gasteiger partial charge on any atom is 0.143 e. The van der Waals surface area contributed by atoms with Crippen molar-refractivity contribution in [2.24, 2.45) is 0 Å². The summed E-state index contributed by atoms with van der Waals surface area (Å²) >= 11 is 0. The van der Waals surface area contributed by atoms with Gasteiger partial charge in [-0.2, -0.15) is 0 Å². The van der Waals surface area contributed by atoms with Gasteiger partial charge in [0.15, 0.2) is 0 Å². The van der Waals surface area contributed by atoms with Gasteiger partial charge in [0.1, 0.15) is 11.4 Å². The molecule has 0 atom stereocenters. The zero-order chi connectivity index (χ0) is 16.1. The van der Waals surface area contributed by atoms with Gasteiger partial charge in [0.25, 0.3) is 0 Å². The number of ether oxygens (including phenoxy) is 1. The Morgan fingerprint density at radius 2 is 1.13 bits per heavy atom. The summed E-state index contributed by atoms with van der Waals surface area (Å²) in [6, 6.07) is 27.7. The Hall–Kier alpha value is -2.58. The molecule has 0 amide bonds. The van der Waals surface area contributed by atoms with Crippen LogP contribution in [0.1, 0.15) is 23.6 Å². The Bertz CT molecular complexity index is 694. The number of hydrogen-bond donors (Lipinski definition) is 1. The molecule has 0 fully saturated rings. The molecule has 0 unspecified atom stereocenters. The van der Waals surface area contributed by atoms with E-state index in [0.29, 0.717) is 6.61 Å². The third-order valence-corrected chi connectivity index (χ3v) is 4.00. The molecule has 3 aromatic carbocycles. The highest BCUT2D eigenvalue weighted by atomic mass is 16.5. The monoisotopic (exact) mass is 304 g/mol. The topological polar surface area (TPSA) is 29.5 Å². The van der Waals surface area contributed by atoms with Crippen LogP contribution in [-0.2, 0) is 10.3 Å². The maximum absolute atomic E-state index is 9.65. The summed E-state index contributed by atoms with van der Waals surface area (Å²) in [5.41, 5.74) is 2.44. The standard InChI is InChI=1S/C21H20O2/c1-2-23-21(17-9-5-3-6-10-17,18-11-7-4-8-12-18)19-13-15-20(22)16-14-19/h3-16,22H,2H2,1H3. The zero-order valence-corrected chi connectivity index (χ0v) is 13.1. The van der Waals surface area contributed by atoms with Crippen LogP contribution in [0.5, 0.6) is 5.75 Å². The second-order valence-corrected chi connectivity index (χ2v) is 5.39. The molecule has 3 rings (SSSR count). The molecule has 1 N–H and O–H groups in total. The fraction of sp³-hybridized carbons (Fsp3) is 0.143. The number of hydrogen-bond acceptors (Lipinski definition) is 2. The van der Waals surface area contributed by atoms with E-state index in [9.17, 15) is 5.11 Å². The highest BCUT2D eigenvalue weighted by Gasteiger charge is 2.37. The lowest BCUT2D eigenvalue weighted by atomic mass is 9.80. The van der Waals surface area contributed by atoms with Gasteiger partial charge in [-0.05, 0) is 35.7 Å². The number of rotatable bonds is 5. The van der Waals surface area contributed by atoms with E-state index in [2.05, 4.69) is 24.3 Å². The SMILES string of the molecule is CCOC(c1ccccc1)(c1ccccc1)c1ccc(O)cc1. The minimum atomic E-state index is -0.690. The first kappa shape index (κ1) is 15.3. The fourth-order valence-corrected chi connectivity index (χ4v) is 3.01. The van der Waals surface area contributed by atoms with Gasteiger partial charge in [-0.3, -0.25) is 0 Å². The number of phenols is 1. The van der Waals surface area contributed by atoms with Crippen LogP contribution >= 0.6 is 0 Å². The van der Waals surface area contributed by atoms with E-state index in [-0.39, 0.29) is 5.75 Å². The number of benzene rings is 3. The first-order valence-corrected chi connectivity index (χ1v) is 7.82. The summed E-state index contributed by atoms with van der Waals surface area (Å²) < 4.78 is 6.35. The largest absolute Gasteiger partial charge is 0.508 e. The third-order valence-electron chi connectivity index (χ3n) is 4.00. The first-order valence-electron chi connectivity index (χ1n) is 7.82. The van der Waals surface area contributed by atoms with Crippen LogP contribution in [0.4, 0.5) is 0 Å². The average Bonchev–Trinajstić information content (AvgIpc) is 2.62. The van der Waals surface area contributed by atoms with Crippen molar-refractivity contribution in [1.82, 2.24) is 0 Å². The molecule has 0 heterocycles. The summed E-state index contributed by atoms with van der Waals surface area (Å²) in [6.45, 7) is 2.58. The molecule has 0 saturated heterocycles. The average molecular weight is 304 g/mol. The van der Waals surface area contributed by atoms with Crippen molar-refractivity contribution in [2.75, 3.05) is 6.61 Å².